The van der Waals surface area contributed by atoms with Crippen LogP contribution in [-0.4, -0.2) is 66.1 Å². The first-order valence-corrected chi connectivity index (χ1v) is 9.79. The summed E-state index contributed by atoms with van der Waals surface area (Å²) in [6.07, 6.45) is 0.686. The molecule has 0 unspecified atom stereocenters. The highest BCUT2D eigenvalue weighted by Crippen LogP contribution is 2.26. The second kappa shape index (κ2) is 9.82. The van der Waals surface area contributed by atoms with Crippen LogP contribution in [0, 0.1) is 0 Å². The van der Waals surface area contributed by atoms with Gasteiger partial charge >= 0.3 is 0 Å². The molecule has 2 amide bonds. The molecule has 7 nitrogen and oxygen atoms in total. The zero-order chi connectivity index (χ0) is 20.6. The van der Waals surface area contributed by atoms with Crippen molar-refractivity contribution in [2.24, 2.45) is 0 Å². The summed E-state index contributed by atoms with van der Waals surface area (Å²) in [5.41, 5.74) is 0.445. The van der Waals surface area contributed by atoms with Gasteiger partial charge in [0, 0.05) is 31.7 Å². The zero-order valence-corrected chi connectivity index (χ0v) is 16.5. The van der Waals surface area contributed by atoms with Gasteiger partial charge in [0.05, 0.1) is 6.61 Å². The monoisotopic (exact) mass is 398 g/mol. The minimum Gasteiger partial charge on any atom is -0.508 e. The van der Waals surface area contributed by atoms with Gasteiger partial charge in [-0.15, -0.1) is 0 Å². The fourth-order valence-electron chi connectivity index (χ4n) is 3.27. The molecule has 0 bridgehead atoms. The van der Waals surface area contributed by atoms with E-state index in [2.05, 4.69) is 0 Å². The second-order valence-corrected chi connectivity index (χ2v) is 6.75. The molecule has 0 spiro atoms. The van der Waals surface area contributed by atoms with Crippen molar-refractivity contribution in [2.75, 3.05) is 39.4 Å². The lowest BCUT2D eigenvalue weighted by atomic mass is 10.2. The number of rotatable bonds is 6. The van der Waals surface area contributed by atoms with E-state index in [0.717, 1.165) is 0 Å². The third-order valence-electron chi connectivity index (χ3n) is 4.73. The molecule has 3 rings (SSSR count). The summed E-state index contributed by atoms with van der Waals surface area (Å²) in [4.78, 5) is 28.7. The number of para-hydroxylation sites is 2. The fourth-order valence-corrected chi connectivity index (χ4v) is 3.27. The summed E-state index contributed by atoms with van der Waals surface area (Å²) in [5.74, 6) is 0.951. The van der Waals surface area contributed by atoms with Gasteiger partial charge in [-0.25, -0.2) is 0 Å². The second-order valence-electron chi connectivity index (χ2n) is 6.75. The Labute approximate surface area is 170 Å². The van der Waals surface area contributed by atoms with Crippen LogP contribution in [0.15, 0.2) is 48.5 Å². The van der Waals surface area contributed by atoms with Gasteiger partial charge in [-0.1, -0.05) is 18.2 Å². The number of benzene rings is 2. The molecule has 1 saturated heterocycles. The molecule has 1 fully saturated rings. The molecule has 0 aliphatic carbocycles. The highest BCUT2D eigenvalue weighted by molar-refractivity contribution is 5.94. The van der Waals surface area contributed by atoms with Crippen LogP contribution in [-0.2, 0) is 4.79 Å². The quantitative estimate of drug-likeness (QED) is 0.809. The summed E-state index contributed by atoms with van der Waals surface area (Å²) in [6.45, 7) is 4.35. The van der Waals surface area contributed by atoms with Gasteiger partial charge in [-0.2, -0.15) is 0 Å². The van der Waals surface area contributed by atoms with E-state index in [9.17, 15) is 14.7 Å². The standard InChI is InChI=1S/C22H26N2O5/c1-2-28-19-9-3-4-10-20(19)29-16-21(26)23-11-6-12-24(14-13-23)22(27)17-7-5-8-18(25)15-17/h3-5,7-10,15,25H,2,6,11-14,16H2,1H3. The largest absolute Gasteiger partial charge is 0.508 e. The molecule has 29 heavy (non-hydrogen) atoms. The average Bonchev–Trinajstić information content (AvgIpc) is 2.99. The van der Waals surface area contributed by atoms with Crippen molar-refractivity contribution in [3.8, 4) is 17.2 Å². The summed E-state index contributed by atoms with van der Waals surface area (Å²) >= 11 is 0. The first-order valence-electron chi connectivity index (χ1n) is 9.79. The number of aromatic hydroxyl groups is 1. The van der Waals surface area contributed by atoms with Crippen LogP contribution in [0.25, 0.3) is 0 Å². The molecule has 2 aromatic carbocycles. The molecule has 1 heterocycles. The molecule has 1 aliphatic rings. The summed E-state index contributed by atoms with van der Waals surface area (Å²) < 4.78 is 11.2. The van der Waals surface area contributed by atoms with E-state index >= 15 is 0 Å². The Bertz CT molecular complexity index is 855. The molecule has 2 aromatic rings. The first kappa shape index (κ1) is 20.5. The van der Waals surface area contributed by atoms with Gasteiger partial charge in [-0.05, 0) is 43.7 Å². The van der Waals surface area contributed by atoms with Crippen molar-refractivity contribution in [1.82, 2.24) is 9.80 Å². The lowest BCUT2D eigenvalue weighted by molar-refractivity contribution is -0.133. The van der Waals surface area contributed by atoms with Gasteiger partial charge < -0.3 is 24.4 Å². The summed E-state index contributed by atoms with van der Waals surface area (Å²) in [7, 11) is 0. The van der Waals surface area contributed by atoms with E-state index in [1.165, 1.54) is 12.1 Å². The van der Waals surface area contributed by atoms with Crippen LogP contribution in [0.4, 0.5) is 0 Å². The highest BCUT2D eigenvalue weighted by atomic mass is 16.5. The minimum atomic E-state index is -0.142. The lowest BCUT2D eigenvalue weighted by Gasteiger charge is -2.22. The van der Waals surface area contributed by atoms with Gasteiger partial charge in [0.2, 0.25) is 0 Å². The third-order valence-corrected chi connectivity index (χ3v) is 4.73. The molecule has 0 aromatic heterocycles. The Hall–Kier alpha value is -3.22. The van der Waals surface area contributed by atoms with Gasteiger partial charge in [0.15, 0.2) is 18.1 Å². The van der Waals surface area contributed by atoms with E-state index in [-0.39, 0.29) is 24.2 Å². The lowest BCUT2D eigenvalue weighted by Crippen LogP contribution is -2.39. The zero-order valence-electron chi connectivity index (χ0n) is 16.5. The number of nitrogens with zero attached hydrogens (tertiary/aromatic N) is 2. The number of phenolic OH excluding ortho intramolecular Hbond substituents is 1. The molecule has 154 valence electrons. The SMILES string of the molecule is CCOc1ccccc1OCC(=O)N1CCCN(C(=O)c2cccc(O)c2)CC1. The van der Waals surface area contributed by atoms with Crippen LogP contribution in [0.1, 0.15) is 23.7 Å². The van der Waals surface area contributed by atoms with Crippen molar-refractivity contribution < 1.29 is 24.2 Å². The third kappa shape index (κ3) is 5.40. The van der Waals surface area contributed by atoms with E-state index in [1.807, 2.05) is 19.1 Å². The maximum atomic E-state index is 12.7. The normalized spacial score (nSPS) is 14.2. The molecular formula is C22H26N2O5. The molecule has 7 heteroatoms. The number of hydrogen-bond acceptors (Lipinski definition) is 5. The Morgan fingerprint density at radius 1 is 0.931 bits per heavy atom. The molecule has 1 N–H and O–H groups in total. The molecule has 0 atom stereocenters. The van der Waals surface area contributed by atoms with Gasteiger partial charge in [-0.3, -0.25) is 9.59 Å². The van der Waals surface area contributed by atoms with Crippen LogP contribution in [0.5, 0.6) is 17.2 Å². The Kier molecular flexibility index (Phi) is 6.94. The van der Waals surface area contributed by atoms with Crippen LogP contribution in [0.3, 0.4) is 0 Å². The summed E-state index contributed by atoms with van der Waals surface area (Å²) in [5, 5.41) is 9.59. The average molecular weight is 398 g/mol. The molecule has 0 saturated carbocycles. The van der Waals surface area contributed by atoms with Gasteiger partial charge in [0.25, 0.3) is 11.8 Å². The van der Waals surface area contributed by atoms with Crippen molar-refractivity contribution in [3.63, 3.8) is 0 Å². The van der Waals surface area contributed by atoms with E-state index in [1.54, 1.807) is 34.1 Å². The fraction of sp³-hybridized carbons (Fsp3) is 0.364. The summed E-state index contributed by atoms with van der Waals surface area (Å²) in [6, 6.07) is 13.6. The first-order chi connectivity index (χ1) is 14.1. The van der Waals surface area contributed by atoms with Gasteiger partial charge in [0.1, 0.15) is 5.75 Å². The van der Waals surface area contributed by atoms with Crippen molar-refractivity contribution in [2.45, 2.75) is 13.3 Å². The topological polar surface area (TPSA) is 79.3 Å². The maximum absolute atomic E-state index is 12.7. The number of carbonyl (C=O) groups is 2. The Morgan fingerprint density at radius 3 is 2.34 bits per heavy atom. The highest BCUT2D eigenvalue weighted by Gasteiger charge is 2.23. The number of amides is 2. The smallest absolute Gasteiger partial charge is 0.260 e. The van der Waals surface area contributed by atoms with Crippen LogP contribution < -0.4 is 9.47 Å². The minimum absolute atomic E-state index is 0.0620. The maximum Gasteiger partial charge on any atom is 0.260 e. The van der Waals surface area contributed by atoms with Crippen molar-refractivity contribution >= 4 is 11.8 Å². The predicted octanol–water partition coefficient (Wildman–Crippen LogP) is 2.54. The van der Waals surface area contributed by atoms with Crippen molar-refractivity contribution in [1.29, 1.82) is 0 Å². The number of hydrogen-bond donors (Lipinski definition) is 1. The Balaban J connectivity index is 1.55. The van der Waals surface area contributed by atoms with Crippen molar-refractivity contribution in [3.05, 3.63) is 54.1 Å². The molecule has 1 aliphatic heterocycles. The van der Waals surface area contributed by atoms with Crippen LogP contribution in [0.2, 0.25) is 0 Å². The number of carbonyl (C=O) groups excluding carboxylic acids is 2. The van der Waals surface area contributed by atoms with E-state index in [4.69, 9.17) is 9.47 Å². The molecule has 0 radical (unpaired) electrons. The van der Waals surface area contributed by atoms with E-state index in [0.29, 0.717) is 56.3 Å². The number of phenols is 1. The molecular weight excluding hydrogens is 372 g/mol. The van der Waals surface area contributed by atoms with E-state index < -0.39 is 0 Å². The Morgan fingerprint density at radius 2 is 1.62 bits per heavy atom. The predicted molar refractivity (Wildman–Crippen MR) is 108 cm³/mol. The number of ether oxygens (including phenoxy) is 2. The van der Waals surface area contributed by atoms with Crippen LogP contribution >= 0.6 is 0 Å².